The van der Waals surface area contributed by atoms with Crippen molar-refractivity contribution < 1.29 is 4.57 Å². The van der Waals surface area contributed by atoms with Crippen LogP contribution in [0.4, 0.5) is 5.69 Å². The van der Waals surface area contributed by atoms with Gasteiger partial charge in [0.1, 0.15) is 5.82 Å². The molecule has 166 valence electrons. The van der Waals surface area contributed by atoms with Crippen molar-refractivity contribution in [3.8, 4) is 11.4 Å². The number of fused-ring (bicyclic) bond motifs is 2. The minimum absolute atomic E-state index is 0.956. The molecular formula is C29H25N4S+. The van der Waals surface area contributed by atoms with Gasteiger partial charge in [0, 0.05) is 41.4 Å². The van der Waals surface area contributed by atoms with E-state index in [1.807, 2.05) is 17.8 Å². The Bertz CT molecular complexity index is 1520. The summed E-state index contributed by atoms with van der Waals surface area (Å²) >= 11 is 1.84. The molecule has 2 aromatic heterocycles. The van der Waals surface area contributed by atoms with Gasteiger partial charge in [0.2, 0.25) is 5.69 Å². The number of hydrogen-bond donors (Lipinski definition) is 0. The third-order valence-electron chi connectivity index (χ3n) is 6.22. The van der Waals surface area contributed by atoms with Crippen LogP contribution >= 0.6 is 11.8 Å². The summed E-state index contributed by atoms with van der Waals surface area (Å²) in [5.41, 5.74) is 6.83. The van der Waals surface area contributed by atoms with E-state index >= 15 is 0 Å². The van der Waals surface area contributed by atoms with Gasteiger partial charge in [-0.3, -0.25) is 4.57 Å². The van der Waals surface area contributed by atoms with E-state index in [2.05, 4.69) is 125 Å². The number of imidazole rings is 1. The first-order valence-corrected chi connectivity index (χ1v) is 12.4. The molecule has 0 bridgehead atoms. The number of nitrogens with zero attached hydrogens (tertiary/aromatic N) is 4. The minimum atomic E-state index is 0.956. The third kappa shape index (κ3) is 3.58. The second kappa shape index (κ2) is 8.50. The highest BCUT2D eigenvalue weighted by molar-refractivity contribution is 8.03. The van der Waals surface area contributed by atoms with Crippen LogP contribution in [0.2, 0.25) is 0 Å². The van der Waals surface area contributed by atoms with E-state index in [-0.39, 0.29) is 0 Å². The van der Waals surface area contributed by atoms with Gasteiger partial charge >= 0.3 is 0 Å². The van der Waals surface area contributed by atoms with Crippen molar-refractivity contribution in [1.29, 1.82) is 0 Å². The average Bonchev–Trinajstić information content (AvgIpc) is 3.40. The van der Waals surface area contributed by atoms with Gasteiger partial charge < -0.3 is 4.90 Å². The molecule has 3 aromatic carbocycles. The molecule has 0 atom stereocenters. The molecule has 0 saturated heterocycles. The first-order chi connectivity index (χ1) is 16.7. The molecule has 6 rings (SSSR count). The molecule has 0 unspecified atom stereocenters. The van der Waals surface area contributed by atoms with Gasteiger partial charge in [0.05, 0.1) is 21.7 Å². The summed E-state index contributed by atoms with van der Waals surface area (Å²) in [4.78, 5) is 8.53. The average molecular weight is 462 g/mol. The van der Waals surface area contributed by atoms with Crippen LogP contribution in [-0.2, 0) is 0 Å². The van der Waals surface area contributed by atoms with Gasteiger partial charge in [0.25, 0.3) is 0 Å². The molecular weight excluding hydrogens is 436 g/mol. The van der Waals surface area contributed by atoms with Crippen LogP contribution in [0.25, 0.3) is 28.5 Å². The maximum absolute atomic E-state index is 4.83. The van der Waals surface area contributed by atoms with Gasteiger partial charge in [-0.05, 0) is 55.8 Å². The first-order valence-electron chi connectivity index (χ1n) is 11.5. The molecule has 0 aliphatic carbocycles. The van der Waals surface area contributed by atoms with Crippen molar-refractivity contribution in [3.05, 3.63) is 114 Å². The third-order valence-corrected chi connectivity index (χ3v) is 7.33. The Balaban J connectivity index is 1.30. The zero-order valence-corrected chi connectivity index (χ0v) is 20.0. The number of pyridine rings is 1. The van der Waals surface area contributed by atoms with Gasteiger partial charge in [0.15, 0.2) is 12.4 Å². The van der Waals surface area contributed by atoms with Gasteiger partial charge in [-0.2, -0.15) is 4.57 Å². The predicted octanol–water partition coefficient (Wildman–Crippen LogP) is 6.54. The van der Waals surface area contributed by atoms with Crippen molar-refractivity contribution in [1.82, 2.24) is 9.55 Å². The van der Waals surface area contributed by atoms with Crippen molar-refractivity contribution in [3.63, 3.8) is 0 Å². The Hall–Kier alpha value is -3.83. The van der Waals surface area contributed by atoms with E-state index in [0.717, 1.165) is 34.8 Å². The lowest BCUT2D eigenvalue weighted by atomic mass is 10.2. The maximum Gasteiger partial charge on any atom is 0.212 e. The quantitative estimate of drug-likeness (QED) is 0.284. The van der Waals surface area contributed by atoms with Crippen LogP contribution in [-0.4, -0.2) is 16.1 Å². The summed E-state index contributed by atoms with van der Waals surface area (Å²) in [6.07, 6.45) is 6.52. The van der Waals surface area contributed by atoms with E-state index in [1.54, 1.807) is 0 Å². The molecule has 3 heterocycles. The molecule has 0 saturated carbocycles. The van der Waals surface area contributed by atoms with Crippen LogP contribution in [0, 0.1) is 6.92 Å². The smallest absolute Gasteiger partial charge is 0.212 e. The highest BCUT2D eigenvalue weighted by atomic mass is 32.2. The second-order valence-electron chi connectivity index (χ2n) is 8.34. The zero-order chi connectivity index (χ0) is 23.1. The topological polar surface area (TPSA) is 24.9 Å². The van der Waals surface area contributed by atoms with Crippen LogP contribution < -0.4 is 9.47 Å². The summed E-state index contributed by atoms with van der Waals surface area (Å²) in [7, 11) is 0. The van der Waals surface area contributed by atoms with Gasteiger partial charge in [-0.25, -0.2) is 4.98 Å². The predicted molar refractivity (Wildman–Crippen MR) is 141 cm³/mol. The highest BCUT2D eigenvalue weighted by Crippen LogP contribution is 2.46. The van der Waals surface area contributed by atoms with Crippen molar-refractivity contribution in [2.24, 2.45) is 0 Å². The highest BCUT2D eigenvalue weighted by Gasteiger charge is 2.23. The molecule has 34 heavy (non-hydrogen) atoms. The second-order valence-corrected chi connectivity index (χ2v) is 9.40. The van der Waals surface area contributed by atoms with E-state index in [9.17, 15) is 0 Å². The van der Waals surface area contributed by atoms with Gasteiger partial charge in [-0.1, -0.05) is 42.1 Å². The molecule has 0 fully saturated rings. The monoisotopic (exact) mass is 461 g/mol. The number of rotatable bonds is 4. The first kappa shape index (κ1) is 20.8. The zero-order valence-electron chi connectivity index (χ0n) is 19.2. The Morgan fingerprint density at radius 2 is 1.68 bits per heavy atom. The fraction of sp³-hybridized carbons (Fsp3) is 0.103. The molecule has 5 aromatic rings. The minimum Gasteiger partial charge on any atom is -0.335 e. The molecule has 1 aliphatic rings. The SMILES string of the molecule is CCN1/C(=C/c2cc[n+](-c3ccc4c(c3)nc(C)n4-c3ccccc3)cc2)Sc2ccccc21. The Kier molecular flexibility index (Phi) is 5.19. The largest absolute Gasteiger partial charge is 0.335 e. The summed E-state index contributed by atoms with van der Waals surface area (Å²) in [5.74, 6) is 0.987. The van der Waals surface area contributed by atoms with Crippen LogP contribution in [0.3, 0.4) is 0 Å². The molecule has 4 nitrogen and oxygen atoms in total. The molecule has 0 N–H and O–H groups in total. The molecule has 5 heteroatoms. The van der Waals surface area contributed by atoms with Gasteiger partial charge in [-0.15, -0.1) is 0 Å². The lowest BCUT2D eigenvalue weighted by Crippen LogP contribution is -2.29. The van der Waals surface area contributed by atoms with E-state index in [0.29, 0.717) is 0 Å². The number of aryl methyl sites for hydroxylation is 1. The fourth-order valence-electron chi connectivity index (χ4n) is 4.59. The molecule has 0 spiro atoms. The van der Waals surface area contributed by atoms with Crippen molar-refractivity contribution in [2.45, 2.75) is 18.7 Å². The van der Waals surface area contributed by atoms with E-state index in [1.165, 1.54) is 21.2 Å². The summed E-state index contributed by atoms with van der Waals surface area (Å²) < 4.78 is 4.35. The normalized spacial score (nSPS) is 14.2. The molecule has 0 amide bonds. The van der Waals surface area contributed by atoms with Crippen LogP contribution in [0.15, 0.2) is 107 Å². The Labute approximate surface area is 203 Å². The Morgan fingerprint density at radius 1 is 0.912 bits per heavy atom. The lowest BCUT2D eigenvalue weighted by Gasteiger charge is -2.17. The maximum atomic E-state index is 4.83. The van der Waals surface area contributed by atoms with Crippen molar-refractivity contribution >= 4 is 34.6 Å². The molecule has 0 radical (unpaired) electrons. The Morgan fingerprint density at radius 3 is 2.47 bits per heavy atom. The summed E-state index contributed by atoms with van der Waals surface area (Å²) in [6, 6.07) is 29.8. The van der Waals surface area contributed by atoms with E-state index < -0.39 is 0 Å². The number of thioether (sulfide) groups is 1. The molecule has 1 aliphatic heterocycles. The number of benzene rings is 3. The van der Waals surface area contributed by atoms with Crippen molar-refractivity contribution in [2.75, 3.05) is 11.4 Å². The fourth-order valence-corrected chi connectivity index (χ4v) is 5.78. The number of para-hydroxylation sites is 2. The van der Waals surface area contributed by atoms with Crippen LogP contribution in [0.5, 0.6) is 0 Å². The standard InChI is InChI=1S/C29H25N4S/c1-3-32-27-11-7-8-12-28(27)34-29(32)19-22-15-17-31(18-16-22)24-13-14-26-25(20-24)30-21(2)33(26)23-9-5-4-6-10-23/h4-20H,3H2,1-2H3/q+1. The number of anilines is 1. The van der Waals surface area contributed by atoms with Crippen LogP contribution in [0.1, 0.15) is 18.3 Å². The number of aromatic nitrogens is 3. The van der Waals surface area contributed by atoms with E-state index in [4.69, 9.17) is 4.98 Å². The summed E-state index contributed by atoms with van der Waals surface area (Å²) in [5, 5.41) is 1.27. The summed E-state index contributed by atoms with van der Waals surface area (Å²) in [6.45, 7) is 5.21. The lowest BCUT2D eigenvalue weighted by molar-refractivity contribution is -0.595. The number of hydrogen-bond acceptors (Lipinski definition) is 3.